The molecule has 1 N–H and O–H groups in total. The zero-order valence-electron chi connectivity index (χ0n) is 6.20. The Hall–Kier alpha value is -1.76. The Labute approximate surface area is 70.5 Å². The first-order valence-electron chi connectivity index (χ1n) is 3.45. The second-order valence-electron chi connectivity index (χ2n) is 2.45. The molecule has 2 aromatic heterocycles. The van der Waals surface area contributed by atoms with Gasteiger partial charge >= 0.3 is 0 Å². The molecule has 3 nitrogen and oxygen atoms in total. The van der Waals surface area contributed by atoms with E-state index in [1.807, 2.05) is 12.1 Å². The molecular weight excluding hydrogens is 149 g/mol. The highest BCUT2D eigenvalue weighted by molar-refractivity contribution is 6.38. The molecule has 2 heterocycles. The number of hydrogen-bond donors (Lipinski definition) is 1. The van der Waals surface area contributed by atoms with Crippen molar-refractivity contribution in [1.82, 2.24) is 9.97 Å². The monoisotopic (exact) mass is 153 g/mol. The van der Waals surface area contributed by atoms with Gasteiger partial charge in [-0.3, -0.25) is 0 Å². The number of nitrogens with zero attached hydrogens (tertiary/aromatic N) is 2. The molecule has 0 aliphatic heterocycles. The van der Waals surface area contributed by atoms with Crippen LogP contribution in [0.5, 0.6) is 0 Å². The second kappa shape index (κ2) is 2.38. The summed E-state index contributed by atoms with van der Waals surface area (Å²) in [5, 5.41) is 9.43. The first-order valence-corrected chi connectivity index (χ1v) is 3.45. The molecule has 0 aliphatic rings. The van der Waals surface area contributed by atoms with Crippen LogP contribution >= 0.6 is 0 Å². The van der Waals surface area contributed by atoms with Gasteiger partial charge in [0.2, 0.25) is 0 Å². The van der Waals surface area contributed by atoms with Crippen molar-refractivity contribution >= 4 is 24.3 Å². The van der Waals surface area contributed by atoms with Crippen LogP contribution in [0.2, 0.25) is 0 Å². The normalized spacial score (nSPS) is 9.92. The molecule has 0 aliphatic carbocycles. The van der Waals surface area contributed by atoms with Crippen LogP contribution in [0.15, 0.2) is 18.3 Å². The summed E-state index contributed by atoms with van der Waals surface area (Å²) in [4.78, 5) is 6.91. The largest absolute Gasteiger partial charge is 0.346 e. The van der Waals surface area contributed by atoms with E-state index in [0.29, 0.717) is 16.8 Å². The molecule has 0 unspecified atom stereocenters. The van der Waals surface area contributed by atoms with E-state index in [1.165, 1.54) is 0 Å². The summed E-state index contributed by atoms with van der Waals surface area (Å²) in [7, 11) is 5.67. The molecule has 0 aromatic carbocycles. The van der Waals surface area contributed by atoms with Crippen molar-refractivity contribution in [2.24, 2.45) is 0 Å². The van der Waals surface area contributed by atoms with Gasteiger partial charge in [0.15, 0.2) is 0 Å². The lowest BCUT2D eigenvalue weighted by Gasteiger charge is -1.95. The molecular formula is C8H4BN3. The fraction of sp³-hybridized carbons (Fsp3) is 0. The fourth-order valence-corrected chi connectivity index (χ4v) is 1.12. The molecule has 2 rings (SSSR count). The number of rotatable bonds is 0. The van der Waals surface area contributed by atoms with Crippen molar-refractivity contribution < 1.29 is 0 Å². The van der Waals surface area contributed by atoms with Crippen LogP contribution in [-0.2, 0) is 0 Å². The van der Waals surface area contributed by atoms with Crippen molar-refractivity contribution in [3.05, 3.63) is 24.0 Å². The van der Waals surface area contributed by atoms with E-state index in [2.05, 4.69) is 9.97 Å². The van der Waals surface area contributed by atoms with Crippen molar-refractivity contribution in [3.8, 4) is 6.07 Å². The summed E-state index contributed by atoms with van der Waals surface area (Å²) in [5.74, 6) is 0. The highest BCUT2D eigenvalue weighted by atomic mass is 14.8. The van der Waals surface area contributed by atoms with Crippen molar-refractivity contribution in [1.29, 1.82) is 5.26 Å². The minimum atomic E-state index is 0.336. The number of pyridine rings is 1. The number of nitrogens with one attached hydrogen (secondary N) is 1. The number of fused-ring (bicyclic) bond motifs is 1. The molecule has 0 spiro atoms. The maximum atomic E-state index is 8.58. The predicted octanol–water partition coefficient (Wildman–Crippen LogP) is 0.228. The van der Waals surface area contributed by atoms with Gasteiger partial charge in [-0.15, -0.1) is 0 Å². The van der Waals surface area contributed by atoms with Crippen LogP contribution in [0, 0.1) is 11.3 Å². The Balaban J connectivity index is 2.86. The van der Waals surface area contributed by atoms with Gasteiger partial charge in [0.25, 0.3) is 0 Å². The van der Waals surface area contributed by atoms with E-state index in [-0.39, 0.29) is 0 Å². The van der Waals surface area contributed by atoms with Crippen molar-refractivity contribution in [3.63, 3.8) is 0 Å². The van der Waals surface area contributed by atoms with Crippen LogP contribution in [-0.4, -0.2) is 17.8 Å². The molecule has 0 saturated carbocycles. The average molecular weight is 153 g/mol. The highest BCUT2D eigenvalue weighted by Crippen LogP contribution is 2.06. The molecule has 2 radical (unpaired) electrons. The van der Waals surface area contributed by atoms with E-state index in [4.69, 9.17) is 13.1 Å². The van der Waals surface area contributed by atoms with Gasteiger partial charge in [-0.05, 0) is 12.1 Å². The molecule has 2 aromatic rings. The Morgan fingerprint density at radius 3 is 3.17 bits per heavy atom. The van der Waals surface area contributed by atoms with Gasteiger partial charge in [-0.2, -0.15) is 5.26 Å². The lowest BCUT2D eigenvalue weighted by Crippen LogP contribution is -2.05. The molecule has 0 atom stereocenters. The number of aromatic nitrogens is 2. The maximum Gasteiger partial charge on any atom is 0.142 e. The molecule has 54 valence electrons. The van der Waals surface area contributed by atoms with Crippen LogP contribution in [0.3, 0.4) is 0 Å². The van der Waals surface area contributed by atoms with Crippen molar-refractivity contribution in [2.75, 3.05) is 0 Å². The summed E-state index contributed by atoms with van der Waals surface area (Å²) in [6.07, 6.45) is 1.75. The van der Waals surface area contributed by atoms with E-state index >= 15 is 0 Å². The summed E-state index contributed by atoms with van der Waals surface area (Å²) >= 11 is 0. The van der Waals surface area contributed by atoms with E-state index in [1.54, 1.807) is 12.3 Å². The van der Waals surface area contributed by atoms with Gasteiger partial charge in [-0.1, -0.05) is 5.46 Å². The van der Waals surface area contributed by atoms with Crippen molar-refractivity contribution in [2.45, 2.75) is 0 Å². The minimum Gasteiger partial charge on any atom is -0.346 e. The third-order valence-corrected chi connectivity index (χ3v) is 1.68. The Morgan fingerprint density at radius 1 is 1.58 bits per heavy atom. The van der Waals surface area contributed by atoms with Crippen LogP contribution < -0.4 is 5.46 Å². The number of aromatic amines is 1. The summed E-state index contributed by atoms with van der Waals surface area (Å²) < 4.78 is 0. The predicted molar refractivity (Wildman–Crippen MR) is 46.2 cm³/mol. The zero-order chi connectivity index (χ0) is 8.55. The number of hydrogen-bond acceptors (Lipinski definition) is 2. The van der Waals surface area contributed by atoms with Gasteiger partial charge in [0.1, 0.15) is 25.3 Å². The minimum absolute atomic E-state index is 0.336. The topological polar surface area (TPSA) is 52.5 Å². The number of nitriles is 1. The van der Waals surface area contributed by atoms with Crippen LogP contribution in [0.25, 0.3) is 11.0 Å². The summed E-state index contributed by atoms with van der Waals surface area (Å²) in [6.45, 7) is 0. The van der Waals surface area contributed by atoms with Gasteiger partial charge in [-0.25, -0.2) is 4.98 Å². The summed E-state index contributed by atoms with van der Waals surface area (Å²) in [6, 6.07) is 5.34. The van der Waals surface area contributed by atoms with E-state index < -0.39 is 0 Å². The zero-order valence-corrected chi connectivity index (χ0v) is 6.20. The smallest absolute Gasteiger partial charge is 0.142 e. The first-order chi connectivity index (χ1) is 5.81. The van der Waals surface area contributed by atoms with Gasteiger partial charge < -0.3 is 4.98 Å². The molecule has 0 bridgehead atoms. The standard InChI is InChI=1S/C8H4BN3/c9-7-3-5(4-10)12-8-6(7)1-2-11-8/h1-3H,(H,11,12). The molecule has 0 amide bonds. The lowest BCUT2D eigenvalue weighted by molar-refractivity contribution is 1.28. The second-order valence-corrected chi connectivity index (χ2v) is 2.45. The van der Waals surface area contributed by atoms with E-state index in [0.717, 1.165) is 5.39 Å². The molecule has 12 heavy (non-hydrogen) atoms. The fourth-order valence-electron chi connectivity index (χ4n) is 1.12. The summed E-state index contributed by atoms with van der Waals surface area (Å²) in [5.41, 5.74) is 1.58. The highest BCUT2D eigenvalue weighted by Gasteiger charge is 2.01. The Bertz CT molecular complexity index is 467. The number of H-pyrrole nitrogens is 1. The Morgan fingerprint density at radius 2 is 2.42 bits per heavy atom. The van der Waals surface area contributed by atoms with E-state index in [9.17, 15) is 0 Å². The van der Waals surface area contributed by atoms with Gasteiger partial charge in [0, 0.05) is 11.6 Å². The molecule has 0 fully saturated rings. The lowest BCUT2D eigenvalue weighted by atomic mass is 9.93. The maximum absolute atomic E-state index is 8.58. The first kappa shape index (κ1) is 6.92. The molecule has 4 heteroatoms. The van der Waals surface area contributed by atoms with Crippen LogP contribution in [0.4, 0.5) is 0 Å². The van der Waals surface area contributed by atoms with Gasteiger partial charge in [0.05, 0.1) is 0 Å². The third kappa shape index (κ3) is 0.875. The Kier molecular flexibility index (Phi) is 1.37. The quantitative estimate of drug-likeness (QED) is 0.550. The third-order valence-electron chi connectivity index (χ3n) is 1.68. The van der Waals surface area contributed by atoms with Crippen LogP contribution in [0.1, 0.15) is 5.69 Å². The SMILES string of the molecule is [B]c1cc(C#N)nc2[nH]ccc12. The average Bonchev–Trinajstić information content (AvgIpc) is 2.52. The molecule has 0 saturated heterocycles.